The molecule has 0 aromatic heterocycles. The van der Waals surface area contributed by atoms with Gasteiger partial charge in [-0.1, -0.05) is 0 Å². The molecule has 0 aliphatic carbocycles. The van der Waals surface area contributed by atoms with E-state index in [0.717, 1.165) is 19.3 Å². The van der Waals surface area contributed by atoms with Crippen LogP contribution in [0.5, 0.6) is 0 Å². The van der Waals surface area contributed by atoms with Crippen molar-refractivity contribution in [2.45, 2.75) is 30.3 Å². The summed E-state index contributed by atoms with van der Waals surface area (Å²) >= 11 is 11.4. The van der Waals surface area contributed by atoms with E-state index in [1.165, 1.54) is 0 Å². The summed E-state index contributed by atoms with van der Waals surface area (Å²) in [7, 11) is 0. The topological polar surface area (TPSA) is 12.0 Å². The first kappa shape index (κ1) is 6.66. The molecular formula is C5H9Cl2N. The number of hydrogen-bond acceptors (Lipinski definition) is 1. The molecule has 2 atom stereocenters. The van der Waals surface area contributed by atoms with Gasteiger partial charge in [-0.05, 0) is 19.3 Å². The van der Waals surface area contributed by atoms with Gasteiger partial charge in [0.2, 0.25) is 0 Å². The Kier molecular flexibility index (Phi) is 2.42. The van der Waals surface area contributed by atoms with Crippen molar-refractivity contribution in [1.82, 2.24) is 5.32 Å². The zero-order valence-corrected chi connectivity index (χ0v) is 6.04. The van der Waals surface area contributed by atoms with Crippen LogP contribution in [0.25, 0.3) is 0 Å². The maximum absolute atomic E-state index is 5.72. The highest BCUT2D eigenvalue weighted by Crippen LogP contribution is 2.16. The second-order valence-corrected chi connectivity index (χ2v) is 3.09. The molecule has 1 aliphatic heterocycles. The number of alkyl halides is 2. The number of rotatable bonds is 0. The van der Waals surface area contributed by atoms with E-state index in [-0.39, 0.29) is 11.0 Å². The van der Waals surface area contributed by atoms with E-state index in [1.54, 1.807) is 0 Å². The number of hydrogen-bond donors (Lipinski definition) is 1. The number of halogens is 2. The fraction of sp³-hybridized carbons (Fsp3) is 1.00. The zero-order valence-electron chi connectivity index (χ0n) is 4.53. The van der Waals surface area contributed by atoms with Crippen LogP contribution in [0.1, 0.15) is 19.3 Å². The van der Waals surface area contributed by atoms with Crippen LogP contribution in [-0.2, 0) is 0 Å². The van der Waals surface area contributed by atoms with Gasteiger partial charge in [0.15, 0.2) is 0 Å². The van der Waals surface area contributed by atoms with Gasteiger partial charge in [-0.25, -0.2) is 0 Å². The Morgan fingerprint density at radius 1 is 1.12 bits per heavy atom. The average Bonchev–Trinajstić information content (AvgIpc) is 1.64. The van der Waals surface area contributed by atoms with Gasteiger partial charge in [0.05, 0.1) is 11.0 Å². The molecule has 2 unspecified atom stereocenters. The Bertz CT molecular complexity index is 68.8. The monoisotopic (exact) mass is 153 g/mol. The summed E-state index contributed by atoms with van der Waals surface area (Å²) in [6.07, 6.45) is 3.24. The van der Waals surface area contributed by atoms with Crippen LogP contribution in [0.4, 0.5) is 0 Å². The molecule has 0 saturated carbocycles. The lowest BCUT2D eigenvalue weighted by molar-refractivity contribution is 0.454. The maximum atomic E-state index is 5.72. The second-order valence-electron chi connectivity index (χ2n) is 2.03. The van der Waals surface area contributed by atoms with Gasteiger partial charge in [-0.3, -0.25) is 5.32 Å². The fourth-order valence-corrected chi connectivity index (χ4v) is 1.52. The van der Waals surface area contributed by atoms with Crippen LogP contribution in [0, 0.1) is 0 Å². The predicted octanol–water partition coefficient (Wildman–Crippen LogP) is 1.89. The summed E-state index contributed by atoms with van der Waals surface area (Å²) in [6.45, 7) is 0. The lowest BCUT2D eigenvalue weighted by atomic mass is 10.2. The predicted molar refractivity (Wildman–Crippen MR) is 36.3 cm³/mol. The van der Waals surface area contributed by atoms with Gasteiger partial charge in [0.1, 0.15) is 0 Å². The van der Waals surface area contributed by atoms with Crippen molar-refractivity contribution >= 4 is 23.2 Å². The van der Waals surface area contributed by atoms with Crippen molar-refractivity contribution in [2.24, 2.45) is 0 Å². The summed E-state index contributed by atoms with van der Waals surface area (Å²) in [4.78, 5) is 0. The lowest BCUT2D eigenvalue weighted by Crippen LogP contribution is -2.35. The average molecular weight is 154 g/mol. The molecule has 1 aliphatic rings. The van der Waals surface area contributed by atoms with Gasteiger partial charge < -0.3 is 0 Å². The van der Waals surface area contributed by atoms with Crippen LogP contribution in [0.15, 0.2) is 0 Å². The normalized spacial score (nSPS) is 39.8. The van der Waals surface area contributed by atoms with Crippen LogP contribution < -0.4 is 5.32 Å². The lowest BCUT2D eigenvalue weighted by Gasteiger charge is -2.21. The molecule has 0 radical (unpaired) electrons. The van der Waals surface area contributed by atoms with Gasteiger partial charge in [0, 0.05) is 0 Å². The van der Waals surface area contributed by atoms with Crippen LogP contribution in [0.3, 0.4) is 0 Å². The molecule has 0 aromatic rings. The molecular weight excluding hydrogens is 145 g/mol. The minimum absolute atomic E-state index is 0.103. The molecule has 1 saturated heterocycles. The molecule has 1 fully saturated rings. The Morgan fingerprint density at radius 3 is 1.88 bits per heavy atom. The Hall–Kier alpha value is 0.540. The highest BCUT2D eigenvalue weighted by atomic mass is 35.5. The largest absolute Gasteiger partial charge is 0.285 e. The highest BCUT2D eigenvalue weighted by molar-refractivity contribution is 6.23. The molecule has 1 N–H and O–H groups in total. The van der Waals surface area contributed by atoms with Crippen molar-refractivity contribution in [3.05, 3.63) is 0 Å². The fourth-order valence-electron chi connectivity index (χ4n) is 0.839. The van der Waals surface area contributed by atoms with Crippen LogP contribution >= 0.6 is 23.2 Å². The highest BCUT2D eigenvalue weighted by Gasteiger charge is 2.15. The minimum atomic E-state index is 0.103. The molecule has 8 heavy (non-hydrogen) atoms. The maximum Gasteiger partial charge on any atom is 0.0836 e. The van der Waals surface area contributed by atoms with Gasteiger partial charge in [0.25, 0.3) is 0 Å². The van der Waals surface area contributed by atoms with Crippen molar-refractivity contribution in [3.63, 3.8) is 0 Å². The summed E-state index contributed by atoms with van der Waals surface area (Å²) in [6, 6.07) is 0. The van der Waals surface area contributed by atoms with Crippen LogP contribution in [-0.4, -0.2) is 11.0 Å². The first-order valence-electron chi connectivity index (χ1n) is 2.83. The first-order valence-corrected chi connectivity index (χ1v) is 3.70. The summed E-state index contributed by atoms with van der Waals surface area (Å²) in [5.41, 5.74) is 0.206. The van der Waals surface area contributed by atoms with E-state index < -0.39 is 0 Å². The third kappa shape index (κ3) is 1.81. The molecule has 1 nitrogen and oxygen atoms in total. The molecule has 3 heteroatoms. The van der Waals surface area contributed by atoms with Crippen molar-refractivity contribution < 1.29 is 0 Å². The van der Waals surface area contributed by atoms with E-state index in [1.807, 2.05) is 0 Å². The van der Waals surface area contributed by atoms with Gasteiger partial charge in [-0.2, -0.15) is 0 Å². The van der Waals surface area contributed by atoms with Crippen molar-refractivity contribution in [1.29, 1.82) is 0 Å². The standard InChI is InChI=1S/C5H9Cl2N/c6-4-2-1-3-5(7)8-4/h4-5,8H,1-3H2. The molecule has 0 aromatic carbocycles. The zero-order chi connectivity index (χ0) is 5.98. The summed E-state index contributed by atoms with van der Waals surface area (Å²) in [5.74, 6) is 0. The first-order chi connectivity index (χ1) is 3.79. The molecule has 1 rings (SSSR count). The Morgan fingerprint density at radius 2 is 1.62 bits per heavy atom. The quantitative estimate of drug-likeness (QED) is 0.415. The van der Waals surface area contributed by atoms with E-state index >= 15 is 0 Å². The summed E-state index contributed by atoms with van der Waals surface area (Å²) in [5, 5.41) is 3.01. The Balaban J connectivity index is 2.23. The Labute approximate surface area is 59.3 Å². The third-order valence-corrected chi connectivity index (χ3v) is 1.97. The molecule has 0 amide bonds. The van der Waals surface area contributed by atoms with E-state index in [2.05, 4.69) is 5.32 Å². The van der Waals surface area contributed by atoms with Gasteiger partial charge >= 0.3 is 0 Å². The SMILES string of the molecule is ClC1CCCC(Cl)N1. The van der Waals surface area contributed by atoms with E-state index in [0.29, 0.717) is 0 Å². The second kappa shape index (κ2) is 2.90. The van der Waals surface area contributed by atoms with Crippen molar-refractivity contribution in [3.8, 4) is 0 Å². The van der Waals surface area contributed by atoms with Crippen LogP contribution in [0.2, 0.25) is 0 Å². The van der Waals surface area contributed by atoms with E-state index in [9.17, 15) is 0 Å². The molecule has 0 bridgehead atoms. The molecule has 1 heterocycles. The molecule has 0 spiro atoms. The number of nitrogens with one attached hydrogen (secondary N) is 1. The smallest absolute Gasteiger partial charge is 0.0836 e. The van der Waals surface area contributed by atoms with E-state index in [4.69, 9.17) is 23.2 Å². The molecule has 48 valence electrons. The number of piperidine rings is 1. The minimum Gasteiger partial charge on any atom is -0.285 e. The summed E-state index contributed by atoms with van der Waals surface area (Å²) < 4.78 is 0. The van der Waals surface area contributed by atoms with Gasteiger partial charge in [-0.15, -0.1) is 23.2 Å². The third-order valence-electron chi connectivity index (χ3n) is 1.28. The van der Waals surface area contributed by atoms with Crippen molar-refractivity contribution in [2.75, 3.05) is 0 Å².